The maximum Gasteiger partial charge on any atom is 0.410 e. The molecule has 1 rings (SSSR count). The van der Waals surface area contributed by atoms with Gasteiger partial charge in [0.2, 0.25) is 0 Å². The Morgan fingerprint density at radius 2 is 1.56 bits per heavy atom. The minimum Gasteiger partial charge on any atom is -0.479 e. The number of ketones is 2. The van der Waals surface area contributed by atoms with Crippen LogP contribution in [-0.4, -0.2) is 54.9 Å². The Morgan fingerprint density at radius 3 is 1.83 bits per heavy atom. The molecule has 1 amide bonds. The summed E-state index contributed by atoms with van der Waals surface area (Å²) in [6, 6.07) is 0. The third-order valence-corrected chi connectivity index (χ3v) is 4.60. The molecule has 1 aliphatic heterocycles. The number of carbonyl (C=O) groups is 4. The van der Waals surface area contributed by atoms with Crippen LogP contribution in [0.4, 0.5) is 4.79 Å². The largest absolute Gasteiger partial charge is 0.479 e. The van der Waals surface area contributed by atoms with Crippen LogP contribution < -0.4 is 0 Å². The van der Waals surface area contributed by atoms with Gasteiger partial charge in [0.25, 0.3) is 0 Å². The molecule has 18 heavy (non-hydrogen) atoms. The number of nitrogens with zero attached hydrogens (tertiary/aromatic N) is 1. The molecular formula is C10H13NO6S. The Hall–Kier alpha value is -1.57. The zero-order valence-electron chi connectivity index (χ0n) is 10.1. The summed E-state index contributed by atoms with van der Waals surface area (Å²) in [6.07, 6.45) is -1.60. The van der Waals surface area contributed by atoms with Gasteiger partial charge in [0, 0.05) is 5.75 Å². The molecule has 1 heterocycles. The van der Waals surface area contributed by atoms with Gasteiger partial charge < -0.3 is 10.2 Å². The monoisotopic (exact) mass is 275 g/mol. The normalized spacial score (nSPS) is 25.8. The lowest BCUT2D eigenvalue weighted by Gasteiger charge is -2.37. The van der Waals surface area contributed by atoms with Crippen LogP contribution in [0.15, 0.2) is 0 Å². The van der Waals surface area contributed by atoms with Gasteiger partial charge in [-0.1, -0.05) is 0 Å². The molecule has 100 valence electrons. The topological polar surface area (TPSA) is 112 Å². The standard InChI is InChI=1S/C10H13NO6S/c1-5(12)10(6(2)13)4-18-9(3,7(14)15)11(10)8(16)17/h4H2,1-3H3,(H,14,15)(H,16,17). The van der Waals surface area contributed by atoms with E-state index in [1.165, 1.54) is 6.92 Å². The molecule has 1 aliphatic rings. The highest BCUT2D eigenvalue weighted by atomic mass is 32.2. The molecule has 8 heteroatoms. The summed E-state index contributed by atoms with van der Waals surface area (Å²) in [5.41, 5.74) is -1.91. The highest BCUT2D eigenvalue weighted by molar-refractivity contribution is 8.01. The van der Waals surface area contributed by atoms with Crippen molar-refractivity contribution in [2.75, 3.05) is 5.75 Å². The maximum absolute atomic E-state index is 11.7. The van der Waals surface area contributed by atoms with Crippen LogP contribution in [-0.2, 0) is 14.4 Å². The molecule has 1 saturated heterocycles. The van der Waals surface area contributed by atoms with E-state index in [4.69, 9.17) is 5.11 Å². The second-order valence-electron chi connectivity index (χ2n) is 4.17. The number of hydrogen-bond donors (Lipinski definition) is 2. The molecule has 0 aromatic carbocycles. The first kappa shape index (κ1) is 14.5. The lowest BCUT2D eigenvalue weighted by atomic mass is 9.89. The molecular weight excluding hydrogens is 262 g/mol. The Balaban J connectivity index is 3.49. The number of carboxylic acid groups (broad SMARTS) is 2. The highest BCUT2D eigenvalue weighted by Gasteiger charge is 2.64. The average molecular weight is 275 g/mol. The fourth-order valence-corrected chi connectivity index (χ4v) is 3.52. The van der Waals surface area contributed by atoms with Crippen molar-refractivity contribution in [1.29, 1.82) is 0 Å². The van der Waals surface area contributed by atoms with Crippen LogP contribution in [0.1, 0.15) is 20.8 Å². The van der Waals surface area contributed by atoms with Gasteiger partial charge in [-0.05, 0) is 20.8 Å². The summed E-state index contributed by atoms with van der Waals surface area (Å²) >= 11 is 0.757. The first-order valence-corrected chi connectivity index (χ1v) is 6.02. The predicted octanol–water partition coefficient (Wildman–Crippen LogP) is 0.431. The first-order chi connectivity index (χ1) is 8.10. The molecule has 0 aliphatic carbocycles. The van der Waals surface area contributed by atoms with Crippen molar-refractivity contribution in [3.8, 4) is 0 Å². The number of Topliss-reactive ketones (excluding diaryl/α,β-unsaturated/α-hetero) is 2. The Kier molecular flexibility index (Phi) is 3.44. The van der Waals surface area contributed by atoms with Crippen molar-refractivity contribution < 1.29 is 29.4 Å². The van der Waals surface area contributed by atoms with E-state index in [9.17, 15) is 24.3 Å². The zero-order valence-corrected chi connectivity index (χ0v) is 10.9. The molecule has 0 bridgehead atoms. The molecule has 1 atom stereocenters. The number of hydrogen-bond acceptors (Lipinski definition) is 5. The lowest BCUT2D eigenvalue weighted by molar-refractivity contribution is -0.149. The molecule has 1 fully saturated rings. The van der Waals surface area contributed by atoms with E-state index in [1.54, 1.807) is 0 Å². The van der Waals surface area contributed by atoms with E-state index in [0.29, 0.717) is 4.90 Å². The van der Waals surface area contributed by atoms with E-state index in [2.05, 4.69) is 0 Å². The predicted molar refractivity (Wildman–Crippen MR) is 62.5 cm³/mol. The van der Waals surface area contributed by atoms with Crippen molar-refractivity contribution in [3.63, 3.8) is 0 Å². The van der Waals surface area contributed by atoms with Gasteiger partial charge in [0.15, 0.2) is 22.0 Å². The van der Waals surface area contributed by atoms with Crippen LogP contribution in [0.5, 0.6) is 0 Å². The summed E-state index contributed by atoms with van der Waals surface area (Å²) < 4.78 is 0. The summed E-state index contributed by atoms with van der Waals surface area (Å²) in [6.45, 7) is 3.35. The molecule has 0 saturated carbocycles. The molecule has 2 N–H and O–H groups in total. The minimum absolute atomic E-state index is 0.188. The quantitative estimate of drug-likeness (QED) is 0.718. The number of rotatable bonds is 3. The van der Waals surface area contributed by atoms with Crippen molar-refractivity contribution >= 4 is 35.4 Å². The fraction of sp³-hybridized carbons (Fsp3) is 0.600. The maximum atomic E-state index is 11.7. The Bertz CT molecular complexity index is 434. The molecule has 7 nitrogen and oxygen atoms in total. The average Bonchev–Trinajstić information content (AvgIpc) is 2.54. The summed E-state index contributed by atoms with van der Waals surface area (Å²) in [5.74, 6) is -2.93. The van der Waals surface area contributed by atoms with Gasteiger partial charge in [-0.3, -0.25) is 14.5 Å². The van der Waals surface area contributed by atoms with Gasteiger partial charge >= 0.3 is 12.1 Å². The fourth-order valence-electron chi connectivity index (χ4n) is 2.01. The van der Waals surface area contributed by atoms with Crippen molar-refractivity contribution in [2.45, 2.75) is 31.2 Å². The summed E-state index contributed by atoms with van der Waals surface area (Å²) in [5, 5.41) is 18.3. The van der Waals surface area contributed by atoms with Crippen molar-refractivity contribution in [3.05, 3.63) is 0 Å². The van der Waals surface area contributed by atoms with Crippen LogP contribution >= 0.6 is 11.8 Å². The molecule has 0 radical (unpaired) electrons. The zero-order chi connectivity index (χ0) is 14.3. The minimum atomic E-state index is -1.91. The molecule has 0 aromatic heterocycles. The Morgan fingerprint density at radius 1 is 1.11 bits per heavy atom. The second-order valence-corrected chi connectivity index (χ2v) is 5.54. The highest BCUT2D eigenvalue weighted by Crippen LogP contribution is 2.46. The van der Waals surface area contributed by atoms with Gasteiger partial charge in [0.1, 0.15) is 0 Å². The molecule has 1 unspecified atom stereocenters. The van der Waals surface area contributed by atoms with Crippen LogP contribution in [0.2, 0.25) is 0 Å². The van der Waals surface area contributed by atoms with Crippen LogP contribution in [0.3, 0.4) is 0 Å². The SMILES string of the molecule is CC(=O)C1(C(C)=O)CSC(C)(C(=O)O)N1C(=O)O. The van der Waals surface area contributed by atoms with E-state index in [-0.39, 0.29) is 5.75 Å². The van der Waals surface area contributed by atoms with E-state index < -0.39 is 34.0 Å². The number of amides is 1. The lowest BCUT2D eigenvalue weighted by Crippen LogP contribution is -2.64. The Labute approximate surface area is 107 Å². The van der Waals surface area contributed by atoms with Gasteiger partial charge in [-0.25, -0.2) is 9.59 Å². The van der Waals surface area contributed by atoms with Gasteiger partial charge in [-0.2, -0.15) is 0 Å². The third-order valence-electron chi connectivity index (χ3n) is 3.12. The number of aliphatic carboxylic acids is 1. The number of carbonyl (C=O) groups excluding carboxylic acids is 2. The molecule has 0 spiro atoms. The summed E-state index contributed by atoms with van der Waals surface area (Å²) in [7, 11) is 0. The summed E-state index contributed by atoms with van der Waals surface area (Å²) in [4.78, 5) is 44.5. The van der Waals surface area contributed by atoms with Crippen molar-refractivity contribution in [2.24, 2.45) is 0 Å². The van der Waals surface area contributed by atoms with E-state index in [1.807, 2.05) is 0 Å². The van der Waals surface area contributed by atoms with Crippen LogP contribution in [0.25, 0.3) is 0 Å². The number of thioether (sulfide) groups is 1. The van der Waals surface area contributed by atoms with Gasteiger partial charge in [-0.15, -0.1) is 11.8 Å². The van der Waals surface area contributed by atoms with Crippen LogP contribution in [0, 0.1) is 0 Å². The number of carboxylic acids is 1. The smallest absolute Gasteiger partial charge is 0.410 e. The second kappa shape index (κ2) is 4.27. The third kappa shape index (κ3) is 1.67. The van der Waals surface area contributed by atoms with E-state index in [0.717, 1.165) is 25.6 Å². The van der Waals surface area contributed by atoms with Crippen molar-refractivity contribution in [1.82, 2.24) is 4.90 Å². The molecule has 0 aromatic rings. The van der Waals surface area contributed by atoms with E-state index >= 15 is 0 Å². The van der Waals surface area contributed by atoms with Gasteiger partial charge in [0.05, 0.1) is 0 Å². The first-order valence-electron chi connectivity index (χ1n) is 5.03.